The molecule has 0 aliphatic heterocycles. The second-order valence-corrected chi connectivity index (χ2v) is 7.08. The number of aryl methyl sites for hydroxylation is 1. The van der Waals surface area contributed by atoms with Crippen molar-refractivity contribution >= 4 is 27.1 Å². The van der Waals surface area contributed by atoms with Crippen molar-refractivity contribution < 1.29 is 8.81 Å². The Morgan fingerprint density at radius 1 is 1.18 bits per heavy atom. The molecule has 1 atom stereocenters. The molecule has 0 spiro atoms. The van der Waals surface area contributed by atoms with Crippen LogP contribution in [0.5, 0.6) is 0 Å². The molecule has 4 aromatic rings. The number of aromatic nitrogens is 6. The molecule has 0 aliphatic rings. The fourth-order valence-corrected chi connectivity index (χ4v) is 3.05. The van der Waals surface area contributed by atoms with E-state index in [0.717, 1.165) is 9.15 Å². The zero-order chi connectivity index (χ0) is 19.8. The highest BCUT2D eigenvalue weighted by molar-refractivity contribution is 9.10. The van der Waals surface area contributed by atoms with Gasteiger partial charge in [-0.25, -0.2) is 19.2 Å². The summed E-state index contributed by atoms with van der Waals surface area (Å²) in [6.45, 7) is -0.400. The van der Waals surface area contributed by atoms with Crippen molar-refractivity contribution in [1.82, 2.24) is 28.9 Å². The lowest BCUT2D eigenvalue weighted by molar-refractivity contribution is 0.283. The Hall–Kier alpha value is -3.08. The number of benzene rings is 1. The molecule has 3 heterocycles. The zero-order valence-electron chi connectivity index (χ0n) is 14.6. The van der Waals surface area contributed by atoms with E-state index in [2.05, 4.69) is 31.0 Å². The summed E-state index contributed by atoms with van der Waals surface area (Å²) in [7, 11) is 1.68. The van der Waals surface area contributed by atoms with Gasteiger partial charge in [-0.15, -0.1) is 5.10 Å². The lowest BCUT2D eigenvalue weighted by Gasteiger charge is -2.07. The van der Waals surface area contributed by atoms with Gasteiger partial charge in [-0.1, -0.05) is 28.1 Å². The smallest absolute Gasteiger partial charge is 0.390 e. The molecule has 9 nitrogen and oxygen atoms in total. The van der Waals surface area contributed by atoms with E-state index in [4.69, 9.17) is 4.42 Å². The molecule has 0 N–H and O–H groups in total. The van der Waals surface area contributed by atoms with Crippen LogP contribution in [0.3, 0.4) is 0 Å². The Kier molecular flexibility index (Phi) is 4.67. The van der Waals surface area contributed by atoms with Gasteiger partial charge < -0.3 is 8.98 Å². The van der Waals surface area contributed by atoms with E-state index in [1.165, 1.54) is 17.2 Å². The topological polar surface area (TPSA) is 101 Å². The second kappa shape index (κ2) is 7.15. The van der Waals surface area contributed by atoms with E-state index in [-0.39, 0.29) is 24.5 Å². The Balaban J connectivity index is 1.57. The molecule has 11 heteroatoms. The molecule has 0 radical (unpaired) electrons. The van der Waals surface area contributed by atoms with Crippen LogP contribution in [-0.2, 0) is 20.1 Å². The van der Waals surface area contributed by atoms with Gasteiger partial charge in [0, 0.05) is 11.5 Å². The summed E-state index contributed by atoms with van der Waals surface area (Å²) in [4.78, 5) is 32.7. The Morgan fingerprint density at radius 3 is 2.64 bits per heavy atom. The lowest BCUT2D eigenvalue weighted by atomic mass is 10.1. The van der Waals surface area contributed by atoms with Crippen molar-refractivity contribution in [2.75, 3.05) is 0 Å². The van der Waals surface area contributed by atoms with E-state index < -0.39 is 11.9 Å². The maximum atomic E-state index is 14.5. The molecule has 0 unspecified atom stereocenters. The van der Waals surface area contributed by atoms with Gasteiger partial charge >= 0.3 is 5.76 Å². The van der Waals surface area contributed by atoms with Crippen LogP contribution >= 0.6 is 15.9 Å². The van der Waals surface area contributed by atoms with Crippen LogP contribution in [0.4, 0.5) is 4.39 Å². The maximum absolute atomic E-state index is 14.5. The van der Waals surface area contributed by atoms with Crippen molar-refractivity contribution in [3.63, 3.8) is 0 Å². The second-order valence-electron chi connectivity index (χ2n) is 6.17. The monoisotopic (exact) mass is 448 g/mol. The highest BCUT2D eigenvalue weighted by atomic mass is 79.9. The molecular weight excluding hydrogens is 435 g/mol. The third-order valence-corrected chi connectivity index (χ3v) is 4.75. The summed E-state index contributed by atoms with van der Waals surface area (Å²) >= 11 is 3.29. The Morgan fingerprint density at radius 2 is 1.89 bits per heavy atom. The average molecular weight is 449 g/mol. The van der Waals surface area contributed by atoms with Gasteiger partial charge in [0.25, 0.3) is 5.56 Å². The molecule has 0 amide bonds. The van der Waals surface area contributed by atoms with Crippen molar-refractivity contribution in [2.45, 2.75) is 19.3 Å². The number of rotatable bonds is 5. The summed E-state index contributed by atoms with van der Waals surface area (Å²) in [5.41, 5.74) is 0.719. The van der Waals surface area contributed by atoms with Crippen LogP contribution in [0.15, 0.2) is 55.4 Å². The Bertz CT molecular complexity index is 1260. The van der Waals surface area contributed by atoms with Crippen LogP contribution in [0.25, 0.3) is 11.2 Å². The first kappa shape index (κ1) is 18.3. The number of alkyl halides is 1. The average Bonchev–Trinajstić information content (AvgIpc) is 3.21. The summed E-state index contributed by atoms with van der Waals surface area (Å²) < 4.78 is 24.1. The first-order valence-electron chi connectivity index (χ1n) is 8.25. The maximum Gasteiger partial charge on any atom is 0.437 e. The number of hydrogen-bond acceptors (Lipinski definition) is 6. The third kappa shape index (κ3) is 3.40. The minimum Gasteiger partial charge on any atom is -0.390 e. The molecule has 0 saturated carbocycles. The molecule has 1 aromatic carbocycles. The Labute approximate surface area is 165 Å². The normalized spacial score (nSPS) is 12.5. The minimum absolute atomic E-state index is 0.0153. The summed E-state index contributed by atoms with van der Waals surface area (Å²) in [5.74, 6) is -0.809. The van der Waals surface area contributed by atoms with Gasteiger partial charge in [-0.3, -0.25) is 9.36 Å². The fraction of sp³-hybridized carbons (Fsp3) is 0.235. The molecule has 0 fully saturated rings. The van der Waals surface area contributed by atoms with E-state index in [1.807, 2.05) is 0 Å². The van der Waals surface area contributed by atoms with Gasteiger partial charge in [-0.05, 0) is 17.7 Å². The first-order chi connectivity index (χ1) is 13.4. The molecule has 144 valence electrons. The molecule has 0 bridgehead atoms. The number of halogens is 2. The molecular formula is C17H14BrFN6O3. The SMILES string of the molecule is Cn1cnc2ncn(Cc3nn(C[C@@H](F)c4ccc(Br)cc4)c(=O)o3)c(=O)c21. The van der Waals surface area contributed by atoms with E-state index in [0.29, 0.717) is 16.7 Å². The standard InChI is InChI=1S/C17H14BrFN6O3/c1-23-8-20-15-14(23)16(26)24(9-21-15)7-13-22-25(17(27)28-13)6-12(19)10-2-4-11(18)5-3-10/h2-5,8-9,12H,6-7H2,1H3/t12-/m1/s1. The zero-order valence-corrected chi connectivity index (χ0v) is 16.2. The third-order valence-electron chi connectivity index (χ3n) is 4.22. The van der Waals surface area contributed by atoms with Gasteiger partial charge in [0.1, 0.15) is 19.0 Å². The molecule has 4 rings (SSSR count). The quantitative estimate of drug-likeness (QED) is 0.461. The largest absolute Gasteiger partial charge is 0.437 e. The predicted molar refractivity (Wildman–Crippen MR) is 101 cm³/mol. The summed E-state index contributed by atoms with van der Waals surface area (Å²) in [6, 6.07) is 6.67. The van der Waals surface area contributed by atoms with Crippen LogP contribution in [-0.4, -0.2) is 28.9 Å². The fourth-order valence-electron chi connectivity index (χ4n) is 2.79. The highest BCUT2D eigenvalue weighted by Gasteiger charge is 2.17. The lowest BCUT2D eigenvalue weighted by Crippen LogP contribution is -2.23. The number of imidazole rings is 1. The van der Waals surface area contributed by atoms with E-state index in [9.17, 15) is 14.0 Å². The summed E-state index contributed by atoms with van der Waals surface area (Å²) in [5, 5.41) is 4.00. The minimum atomic E-state index is -1.43. The van der Waals surface area contributed by atoms with Gasteiger partial charge in [0.15, 0.2) is 11.2 Å². The number of nitrogens with zero attached hydrogens (tertiary/aromatic N) is 6. The van der Waals surface area contributed by atoms with Crippen LogP contribution < -0.4 is 11.3 Å². The van der Waals surface area contributed by atoms with Crippen molar-refractivity contribution in [3.8, 4) is 0 Å². The highest BCUT2D eigenvalue weighted by Crippen LogP contribution is 2.21. The first-order valence-corrected chi connectivity index (χ1v) is 9.04. The van der Waals surface area contributed by atoms with Crippen molar-refractivity contribution in [3.05, 3.63) is 73.8 Å². The predicted octanol–water partition coefficient (Wildman–Crippen LogP) is 1.80. The van der Waals surface area contributed by atoms with E-state index >= 15 is 0 Å². The number of hydrogen-bond donors (Lipinski definition) is 0. The molecule has 0 saturated heterocycles. The van der Waals surface area contributed by atoms with Crippen LogP contribution in [0, 0.1) is 0 Å². The van der Waals surface area contributed by atoms with Gasteiger partial charge in [0.05, 0.1) is 12.9 Å². The van der Waals surface area contributed by atoms with Crippen molar-refractivity contribution in [1.29, 1.82) is 0 Å². The number of fused-ring (bicyclic) bond motifs is 1. The van der Waals surface area contributed by atoms with Crippen LogP contribution in [0.2, 0.25) is 0 Å². The van der Waals surface area contributed by atoms with Crippen LogP contribution in [0.1, 0.15) is 17.6 Å². The van der Waals surface area contributed by atoms with Crippen molar-refractivity contribution in [2.24, 2.45) is 7.05 Å². The molecule has 0 aliphatic carbocycles. The molecule has 28 heavy (non-hydrogen) atoms. The summed E-state index contributed by atoms with van der Waals surface area (Å²) in [6.07, 6.45) is 1.36. The molecule has 3 aromatic heterocycles. The van der Waals surface area contributed by atoms with Gasteiger partial charge in [-0.2, -0.15) is 4.68 Å². The van der Waals surface area contributed by atoms with E-state index in [1.54, 1.807) is 35.9 Å². The van der Waals surface area contributed by atoms with Gasteiger partial charge in [0.2, 0.25) is 5.89 Å².